The highest BCUT2D eigenvalue weighted by molar-refractivity contribution is 6.74. The van der Waals surface area contributed by atoms with E-state index >= 15 is 0 Å². The summed E-state index contributed by atoms with van der Waals surface area (Å²) in [5.74, 6) is -3.19. The normalized spacial score (nSPS) is 12.0. The lowest BCUT2D eigenvalue weighted by molar-refractivity contribution is -0.151. The van der Waals surface area contributed by atoms with Crippen molar-refractivity contribution in [2.45, 2.75) is 51.7 Å². The maximum absolute atomic E-state index is 11.3. The van der Waals surface area contributed by atoms with Gasteiger partial charge in [0, 0.05) is 6.42 Å². The predicted molar refractivity (Wildman–Crippen MR) is 108 cm³/mol. The fraction of sp³-hybridized carbons (Fsp3) is 0.842. The van der Waals surface area contributed by atoms with Crippen molar-refractivity contribution in [3.8, 4) is 0 Å². The Bertz CT molecular complexity index is 500. The second-order valence-corrected chi connectivity index (χ2v) is 12.7. The largest absolute Gasteiger partial charge is 0.476 e. The number of esters is 1. The van der Waals surface area contributed by atoms with Gasteiger partial charge in [-0.3, -0.25) is 9.59 Å². The third-order valence-electron chi connectivity index (χ3n) is 4.53. The quantitative estimate of drug-likeness (QED) is 0.158. The molecule has 0 unspecified atom stereocenters. The Kier molecular flexibility index (Phi) is 13.9. The molecule has 10 heteroatoms. The third-order valence-corrected chi connectivity index (χ3v) is 9.06. The highest BCUT2D eigenvalue weighted by atomic mass is 28.4. The van der Waals surface area contributed by atoms with Crippen LogP contribution in [0.15, 0.2) is 0 Å². The molecule has 0 heterocycles. The molecule has 0 aliphatic heterocycles. The van der Waals surface area contributed by atoms with E-state index < -0.39 is 26.0 Å². The zero-order chi connectivity index (χ0) is 22.3. The van der Waals surface area contributed by atoms with E-state index in [0.29, 0.717) is 39.6 Å². The maximum atomic E-state index is 11.3. The molecule has 0 aromatic carbocycles. The van der Waals surface area contributed by atoms with Gasteiger partial charge in [0.15, 0.2) is 8.32 Å². The lowest BCUT2D eigenvalue weighted by atomic mass is 10.2. The van der Waals surface area contributed by atoms with Gasteiger partial charge in [0.1, 0.15) is 6.61 Å². The molecule has 0 spiro atoms. The number of hydrogen-bond donors (Lipinski definition) is 1. The van der Waals surface area contributed by atoms with E-state index in [1.54, 1.807) is 0 Å². The first-order chi connectivity index (χ1) is 13.5. The second-order valence-electron chi connectivity index (χ2n) is 7.89. The van der Waals surface area contributed by atoms with Crippen LogP contribution >= 0.6 is 0 Å². The van der Waals surface area contributed by atoms with E-state index in [0.717, 1.165) is 0 Å². The molecule has 0 fully saturated rings. The smallest absolute Gasteiger partial charge is 0.372 e. The van der Waals surface area contributed by atoms with Gasteiger partial charge < -0.3 is 28.5 Å². The summed E-state index contributed by atoms with van der Waals surface area (Å²) in [6.07, 6.45) is -0.622. The number of rotatable bonds is 17. The monoisotopic (exact) mass is 436 g/mol. The Balaban J connectivity index is 3.41. The number of aliphatic carboxylic acids is 1. The molecule has 0 aromatic heterocycles. The van der Waals surface area contributed by atoms with Gasteiger partial charge in [-0.1, -0.05) is 20.8 Å². The van der Waals surface area contributed by atoms with Crippen molar-refractivity contribution < 1.29 is 42.9 Å². The zero-order valence-corrected chi connectivity index (χ0v) is 19.3. The van der Waals surface area contributed by atoms with Crippen LogP contribution in [0.2, 0.25) is 18.1 Å². The number of hydrogen-bond acceptors (Lipinski definition) is 8. The van der Waals surface area contributed by atoms with Crippen molar-refractivity contribution in [2.24, 2.45) is 0 Å². The minimum atomic E-state index is -1.72. The number of carboxylic acid groups (broad SMARTS) is 1. The number of ether oxygens (including phenoxy) is 4. The topological polar surface area (TPSA) is 118 Å². The highest BCUT2D eigenvalue weighted by Crippen LogP contribution is 2.36. The van der Waals surface area contributed by atoms with Gasteiger partial charge >= 0.3 is 11.9 Å². The Morgan fingerprint density at radius 2 is 1.21 bits per heavy atom. The van der Waals surface area contributed by atoms with Gasteiger partial charge in [0.25, 0.3) is 0 Å². The second kappa shape index (κ2) is 14.6. The highest BCUT2D eigenvalue weighted by Gasteiger charge is 2.36. The molecule has 0 aliphatic carbocycles. The van der Waals surface area contributed by atoms with E-state index in [9.17, 15) is 14.4 Å². The summed E-state index contributed by atoms with van der Waals surface area (Å²) in [5, 5.41) is 8.58. The molecule has 9 nitrogen and oxygen atoms in total. The van der Waals surface area contributed by atoms with Crippen LogP contribution < -0.4 is 0 Å². The number of Topliss-reactive ketones (excluding diaryl/α,β-unsaturated/α-hetero) is 1. The summed E-state index contributed by atoms with van der Waals surface area (Å²) in [6, 6.07) is 0. The summed E-state index contributed by atoms with van der Waals surface area (Å²) in [6.45, 7) is 14.0. The van der Waals surface area contributed by atoms with E-state index in [-0.39, 0.29) is 31.1 Å². The van der Waals surface area contributed by atoms with Crippen LogP contribution in [0, 0.1) is 0 Å². The van der Waals surface area contributed by atoms with E-state index in [4.69, 9.17) is 28.5 Å². The molecule has 0 saturated heterocycles. The molecule has 0 aliphatic rings. The van der Waals surface area contributed by atoms with Gasteiger partial charge in [0.05, 0.1) is 52.7 Å². The van der Waals surface area contributed by atoms with Crippen molar-refractivity contribution in [2.75, 3.05) is 52.9 Å². The maximum Gasteiger partial charge on any atom is 0.372 e. The van der Waals surface area contributed by atoms with Crippen molar-refractivity contribution in [3.63, 3.8) is 0 Å². The van der Waals surface area contributed by atoms with E-state index in [1.165, 1.54) is 0 Å². The lowest BCUT2D eigenvalue weighted by Crippen LogP contribution is -2.41. The molecule has 0 saturated carbocycles. The Hall–Kier alpha value is -1.33. The van der Waals surface area contributed by atoms with Gasteiger partial charge in [-0.05, 0) is 18.1 Å². The molecule has 29 heavy (non-hydrogen) atoms. The minimum absolute atomic E-state index is 0.0391. The Labute approximate surface area is 174 Å². The summed E-state index contributed by atoms with van der Waals surface area (Å²) in [4.78, 5) is 32.4. The van der Waals surface area contributed by atoms with Crippen molar-refractivity contribution in [1.82, 2.24) is 0 Å². The average molecular weight is 437 g/mol. The summed E-state index contributed by atoms with van der Waals surface area (Å²) >= 11 is 0. The summed E-state index contributed by atoms with van der Waals surface area (Å²) in [7, 11) is -1.72. The Morgan fingerprint density at radius 1 is 0.759 bits per heavy atom. The first-order valence-electron chi connectivity index (χ1n) is 9.76. The van der Waals surface area contributed by atoms with Crippen LogP contribution in [-0.2, 0) is 37.8 Å². The molecule has 0 aromatic rings. The molecular weight excluding hydrogens is 400 g/mol. The summed E-state index contributed by atoms with van der Waals surface area (Å²) < 4.78 is 26.9. The van der Waals surface area contributed by atoms with Crippen LogP contribution in [0.5, 0.6) is 0 Å². The van der Waals surface area contributed by atoms with Gasteiger partial charge in [0.2, 0.25) is 5.78 Å². The number of ketones is 1. The average Bonchev–Trinajstić information content (AvgIpc) is 2.62. The number of carbonyl (C=O) groups is 3. The van der Waals surface area contributed by atoms with Crippen LogP contribution in [0.3, 0.4) is 0 Å². The third kappa shape index (κ3) is 14.3. The molecule has 0 rings (SSSR count). The standard InChI is InChI=1S/C19H36O9Si/c1-19(2,3)29(4,5)28-15-13-26-11-9-24-8-10-25-12-14-27-17(21)7-6-16(20)18(22)23/h6-15H2,1-5H3,(H,22,23). The first kappa shape index (κ1) is 27.7. The van der Waals surface area contributed by atoms with Gasteiger partial charge in [-0.25, -0.2) is 4.79 Å². The van der Waals surface area contributed by atoms with Gasteiger partial charge in [-0.15, -0.1) is 0 Å². The molecule has 0 atom stereocenters. The molecular formula is C19H36O9Si. The van der Waals surface area contributed by atoms with Crippen molar-refractivity contribution in [1.29, 1.82) is 0 Å². The van der Waals surface area contributed by atoms with Crippen LogP contribution in [0.1, 0.15) is 33.6 Å². The van der Waals surface area contributed by atoms with Crippen LogP contribution in [-0.4, -0.2) is 84.0 Å². The Morgan fingerprint density at radius 3 is 1.66 bits per heavy atom. The molecule has 0 amide bonds. The van der Waals surface area contributed by atoms with E-state index in [1.807, 2.05) is 0 Å². The lowest BCUT2D eigenvalue weighted by Gasteiger charge is -2.36. The SMILES string of the molecule is CC(C)(C)[Si](C)(C)OCCOCCOCCOCCOC(=O)CCC(=O)C(=O)O. The molecule has 1 N–H and O–H groups in total. The van der Waals surface area contributed by atoms with Gasteiger partial charge in [-0.2, -0.15) is 0 Å². The van der Waals surface area contributed by atoms with Crippen LogP contribution in [0.25, 0.3) is 0 Å². The fourth-order valence-electron chi connectivity index (χ4n) is 1.72. The predicted octanol–water partition coefficient (Wildman–Crippen LogP) is 2.04. The molecule has 0 bridgehead atoms. The van der Waals surface area contributed by atoms with Crippen LogP contribution in [0.4, 0.5) is 0 Å². The zero-order valence-electron chi connectivity index (χ0n) is 18.3. The van der Waals surface area contributed by atoms with Crippen molar-refractivity contribution >= 4 is 26.0 Å². The number of carboxylic acids is 1. The van der Waals surface area contributed by atoms with Crippen molar-refractivity contribution in [3.05, 3.63) is 0 Å². The minimum Gasteiger partial charge on any atom is -0.476 e. The molecule has 170 valence electrons. The van der Waals surface area contributed by atoms with E-state index in [2.05, 4.69) is 33.9 Å². The number of carbonyl (C=O) groups excluding carboxylic acids is 2. The first-order valence-corrected chi connectivity index (χ1v) is 12.7. The summed E-state index contributed by atoms with van der Waals surface area (Å²) in [5.41, 5.74) is 0. The molecule has 0 radical (unpaired) electrons. The fourth-order valence-corrected chi connectivity index (χ4v) is 2.75.